The maximum Gasteiger partial charge on any atom is 0.343 e. The molecule has 27 heavy (non-hydrogen) atoms. The van der Waals surface area contributed by atoms with Crippen LogP contribution in [0.25, 0.3) is 0 Å². The molecule has 4 nitrogen and oxygen atoms in total. The molecule has 0 saturated heterocycles. The Balaban J connectivity index is 2.54. The van der Waals surface area contributed by atoms with Crippen LogP contribution in [0.4, 0.5) is 0 Å². The Kier molecular flexibility index (Phi) is 14.6. The van der Waals surface area contributed by atoms with E-state index in [0.29, 0.717) is 38.0 Å². The van der Waals surface area contributed by atoms with E-state index in [-0.39, 0.29) is 0 Å². The minimum absolute atomic E-state index is 0.295. The van der Waals surface area contributed by atoms with Crippen molar-refractivity contribution in [2.75, 3.05) is 31.4 Å². The second kappa shape index (κ2) is 15.8. The van der Waals surface area contributed by atoms with Gasteiger partial charge in [-0.15, -0.1) is 23.2 Å². The Hall–Kier alpha value is -0.0900. The van der Waals surface area contributed by atoms with Crippen molar-refractivity contribution >= 4 is 30.9 Å². The topological polar surface area (TPSA) is 41.6 Å². The maximum atomic E-state index is 13.5. The summed E-state index contributed by atoms with van der Waals surface area (Å²) in [6.07, 6.45) is 8.51. The van der Waals surface area contributed by atoms with Crippen LogP contribution >= 0.6 is 30.9 Å². The van der Waals surface area contributed by atoms with Gasteiger partial charge < -0.3 is 4.52 Å². The molecule has 7 heteroatoms. The Morgan fingerprint density at radius 3 is 2.15 bits per heavy atom. The lowest BCUT2D eigenvalue weighted by Crippen LogP contribution is -2.33. The second-order valence-electron chi connectivity index (χ2n) is 6.64. The lowest BCUT2D eigenvalue weighted by atomic mass is 10.1. The number of hydrogen-bond donors (Lipinski definition) is 1. The zero-order valence-electron chi connectivity index (χ0n) is 16.5. The van der Waals surface area contributed by atoms with Crippen LogP contribution in [0.5, 0.6) is 0 Å². The summed E-state index contributed by atoms with van der Waals surface area (Å²) in [5.41, 5.74) is 0.993. The zero-order chi connectivity index (χ0) is 19.8. The molecule has 0 aliphatic rings. The smallest absolute Gasteiger partial charge is 0.301 e. The van der Waals surface area contributed by atoms with Gasteiger partial charge in [0.1, 0.15) is 0 Å². The van der Waals surface area contributed by atoms with E-state index in [4.69, 9.17) is 27.7 Å². The highest BCUT2D eigenvalue weighted by molar-refractivity contribution is 7.54. The standard InChI is InChI=1S/C20H35Cl2N2O2P/c1-2-3-4-5-6-7-11-16-23-27(25,24(17-14-21)18-15-22)26-19-20-12-9-8-10-13-20/h8-10,12-13H,2-7,11,14-19H2,1H3,(H,23,25). The van der Waals surface area contributed by atoms with Crippen LogP contribution in [-0.2, 0) is 15.7 Å². The SMILES string of the molecule is CCCCCCCCCNP(=O)(OCc1ccccc1)N(CCCl)CCCl. The van der Waals surface area contributed by atoms with Gasteiger partial charge in [-0.25, -0.2) is 9.76 Å². The summed E-state index contributed by atoms with van der Waals surface area (Å²) in [6, 6.07) is 9.78. The maximum absolute atomic E-state index is 13.5. The van der Waals surface area contributed by atoms with Crippen LogP contribution in [0.15, 0.2) is 30.3 Å². The van der Waals surface area contributed by atoms with E-state index in [9.17, 15) is 4.57 Å². The van der Waals surface area contributed by atoms with E-state index in [1.807, 2.05) is 30.3 Å². The number of benzene rings is 1. The normalized spacial score (nSPS) is 13.8. The monoisotopic (exact) mass is 436 g/mol. The summed E-state index contributed by atoms with van der Waals surface area (Å²) in [5.74, 6) is 0.767. The van der Waals surface area contributed by atoms with Gasteiger partial charge in [-0.3, -0.25) is 4.57 Å². The summed E-state index contributed by atoms with van der Waals surface area (Å²) < 4.78 is 21.2. The molecule has 0 spiro atoms. The number of rotatable bonds is 17. The molecule has 156 valence electrons. The van der Waals surface area contributed by atoms with E-state index in [1.54, 1.807) is 4.67 Å². The van der Waals surface area contributed by atoms with E-state index < -0.39 is 7.67 Å². The van der Waals surface area contributed by atoms with E-state index in [1.165, 1.54) is 32.1 Å². The van der Waals surface area contributed by atoms with E-state index >= 15 is 0 Å². The fourth-order valence-electron chi connectivity index (χ4n) is 2.84. The molecular formula is C20H35Cl2N2O2P. The zero-order valence-corrected chi connectivity index (χ0v) is 19.0. The fraction of sp³-hybridized carbons (Fsp3) is 0.700. The molecule has 0 amide bonds. The van der Waals surface area contributed by atoms with Crippen molar-refractivity contribution in [3.05, 3.63) is 35.9 Å². The van der Waals surface area contributed by atoms with Crippen LogP contribution in [-0.4, -0.2) is 36.1 Å². The fourth-order valence-corrected chi connectivity index (χ4v) is 5.43. The lowest BCUT2D eigenvalue weighted by Gasteiger charge is -2.30. The number of unbranched alkanes of at least 4 members (excludes halogenated alkanes) is 6. The third-order valence-electron chi connectivity index (χ3n) is 4.40. The predicted molar refractivity (Wildman–Crippen MR) is 118 cm³/mol. The molecule has 0 aromatic heterocycles. The predicted octanol–water partition coefficient (Wildman–Crippen LogP) is 6.43. The molecule has 0 fully saturated rings. The van der Waals surface area contributed by atoms with Gasteiger partial charge in [-0.2, -0.15) is 0 Å². The molecular weight excluding hydrogens is 402 g/mol. The molecule has 0 bridgehead atoms. The van der Waals surface area contributed by atoms with Crippen LogP contribution < -0.4 is 5.09 Å². The summed E-state index contributed by atoms with van der Waals surface area (Å²) in [6.45, 7) is 4.14. The van der Waals surface area contributed by atoms with E-state index in [2.05, 4.69) is 12.0 Å². The average molecular weight is 437 g/mol. The summed E-state index contributed by atoms with van der Waals surface area (Å²) >= 11 is 11.8. The molecule has 1 unspecified atom stereocenters. The van der Waals surface area contributed by atoms with Crippen molar-refractivity contribution in [3.8, 4) is 0 Å². The average Bonchev–Trinajstić information content (AvgIpc) is 2.69. The van der Waals surface area contributed by atoms with Gasteiger partial charge in [0.05, 0.1) is 6.61 Å². The molecule has 1 aromatic carbocycles. The highest BCUT2D eigenvalue weighted by atomic mass is 35.5. The molecule has 0 heterocycles. The summed E-state index contributed by atoms with van der Waals surface area (Å²) in [4.78, 5) is 0. The van der Waals surface area contributed by atoms with Gasteiger partial charge in [0.25, 0.3) is 0 Å². The van der Waals surface area contributed by atoms with Crippen molar-refractivity contribution in [1.29, 1.82) is 0 Å². The number of halogens is 2. The van der Waals surface area contributed by atoms with Gasteiger partial charge in [0.2, 0.25) is 0 Å². The van der Waals surface area contributed by atoms with Crippen LogP contribution in [0.2, 0.25) is 0 Å². The van der Waals surface area contributed by atoms with E-state index in [0.717, 1.165) is 18.4 Å². The molecule has 1 aromatic rings. The lowest BCUT2D eigenvalue weighted by molar-refractivity contribution is 0.247. The van der Waals surface area contributed by atoms with Gasteiger partial charge in [0.15, 0.2) is 0 Å². The van der Waals surface area contributed by atoms with Crippen molar-refractivity contribution < 1.29 is 9.09 Å². The highest BCUT2D eigenvalue weighted by Gasteiger charge is 2.30. The van der Waals surface area contributed by atoms with Crippen LogP contribution in [0.1, 0.15) is 57.4 Å². The first-order chi connectivity index (χ1) is 13.2. The van der Waals surface area contributed by atoms with Crippen molar-refractivity contribution in [2.45, 2.75) is 58.5 Å². The number of hydrogen-bond acceptors (Lipinski definition) is 2. The Labute approximate surface area is 175 Å². The number of nitrogens with one attached hydrogen (secondary N) is 1. The van der Waals surface area contributed by atoms with Crippen molar-refractivity contribution in [2.24, 2.45) is 0 Å². The van der Waals surface area contributed by atoms with Gasteiger partial charge in [-0.05, 0) is 12.0 Å². The van der Waals surface area contributed by atoms with Gasteiger partial charge in [0, 0.05) is 31.4 Å². The van der Waals surface area contributed by atoms with Crippen molar-refractivity contribution in [3.63, 3.8) is 0 Å². The quantitative estimate of drug-likeness (QED) is 0.173. The molecule has 1 atom stereocenters. The van der Waals surface area contributed by atoms with Crippen LogP contribution in [0.3, 0.4) is 0 Å². The molecule has 0 aliphatic heterocycles. The van der Waals surface area contributed by atoms with Crippen molar-refractivity contribution in [1.82, 2.24) is 9.76 Å². The molecule has 0 saturated carbocycles. The minimum Gasteiger partial charge on any atom is -0.301 e. The summed E-state index contributed by atoms with van der Waals surface area (Å²) in [5, 5.41) is 3.18. The Morgan fingerprint density at radius 1 is 0.963 bits per heavy atom. The number of nitrogens with zero attached hydrogens (tertiary/aromatic N) is 1. The molecule has 1 N–H and O–H groups in total. The molecule has 0 radical (unpaired) electrons. The first kappa shape index (κ1) is 24.9. The summed E-state index contributed by atoms with van der Waals surface area (Å²) in [7, 11) is -3.18. The third-order valence-corrected chi connectivity index (χ3v) is 6.98. The molecule has 0 aliphatic carbocycles. The minimum atomic E-state index is -3.18. The molecule has 1 rings (SSSR count). The van der Waals surface area contributed by atoms with Gasteiger partial charge in [-0.1, -0.05) is 75.8 Å². The third kappa shape index (κ3) is 10.9. The second-order valence-corrected chi connectivity index (χ2v) is 9.58. The largest absolute Gasteiger partial charge is 0.343 e. The Morgan fingerprint density at radius 2 is 1.56 bits per heavy atom. The number of alkyl halides is 2. The first-order valence-electron chi connectivity index (χ1n) is 10.1. The van der Waals surface area contributed by atoms with Crippen LogP contribution in [0, 0.1) is 0 Å². The van der Waals surface area contributed by atoms with Gasteiger partial charge >= 0.3 is 7.67 Å². The first-order valence-corrected chi connectivity index (χ1v) is 12.7. The Bertz CT molecular complexity index is 514. The highest BCUT2D eigenvalue weighted by Crippen LogP contribution is 2.47.